The van der Waals surface area contributed by atoms with E-state index in [2.05, 4.69) is 31.3 Å². The SMILES string of the molecule is CCN=C(N)c1ccc(NC(=O)Nc2ccc(NC(=O)Nc3ccc(C(N)=NCC)cc3)cc2)cc1.Cl. The van der Waals surface area contributed by atoms with Gasteiger partial charge in [0, 0.05) is 47.0 Å². The zero-order valence-electron chi connectivity index (χ0n) is 20.6. The maximum absolute atomic E-state index is 12.3. The van der Waals surface area contributed by atoms with Gasteiger partial charge in [-0.15, -0.1) is 12.4 Å². The minimum absolute atomic E-state index is 0. The van der Waals surface area contributed by atoms with Gasteiger partial charge in [0.05, 0.1) is 0 Å². The van der Waals surface area contributed by atoms with Crippen LogP contribution >= 0.6 is 12.4 Å². The van der Waals surface area contributed by atoms with Gasteiger partial charge in [0.1, 0.15) is 11.7 Å². The van der Waals surface area contributed by atoms with E-state index in [4.69, 9.17) is 11.5 Å². The number of urea groups is 2. The smallest absolute Gasteiger partial charge is 0.323 e. The maximum atomic E-state index is 12.3. The number of nitrogens with one attached hydrogen (secondary N) is 4. The topological polar surface area (TPSA) is 159 Å². The van der Waals surface area contributed by atoms with E-state index in [0.29, 0.717) is 47.5 Å². The molecule has 0 aliphatic carbocycles. The van der Waals surface area contributed by atoms with Crippen LogP contribution in [-0.2, 0) is 0 Å². The summed E-state index contributed by atoms with van der Waals surface area (Å²) in [5.74, 6) is 0.910. The molecule has 0 atom stereocenters. The maximum Gasteiger partial charge on any atom is 0.323 e. The predicted molar refractivity (Wildman–Crippen MR) is 154 cm³/mol. The third-order valence-corrected chi connectivity index (χ3v) is 4.93. The molecule has 37 heavy (non-hydrogen) atoms. The normalized spacial score (nSPS) is 11.2. The summed E-state index contributed by atoms with van der Waals surface area (Å²) in [4.78, 5) is 32.9. The van der Waals surface area contributed by atoms with Gasteiger partial charge >= 0.3 is 12.1 Å². The van der Waals surface area contributed by atoms with E-state index in [9.17, 15) is 9.59 Å². The predicted octanol–water partition coefficient (Wildman–Crippen LogP) is 4.85. The number of nitrogens with zero attached hydrogens (tertiary/aromatic N) is 2. The third-order valence-electron chi connectivity index (χ3n) is 4.93. The molecule has 8 N–H and O–H groups in total. The average molecular weight is 523 g/mol. The Balaban J connectivity index is 0.00000481. The largest absolute Gasteiger partial charge is 0.384 e. The summed E-state index contributed by atoms with van der Waals surface area (Å²) in [5, 5.41) is 11.0. The van der Waals surface area contributed by atoms with Gasteiger partial charge in [-0.2, -0.15) is 0 Å². The van der Waals surface area contributed by atoms with Gasteiger partial charge in [-0.25, -0.2) is 9.59 Å². The van der Waals surface area contributed by atoms with Crippen molar-refractivity contribution in [2.75, 3.05) is 34.4 Å². The Morgan fingerprint density at radius 1 is 0.568 bits per heavy atom. The van der Waals surface area contributed by atoms with Crippen LogP contribution in [0, 0.1) is 0 Å². The molecule has 0 aliphatic rings. The van der Waals surface area contributed by atoms with E-state index in [1.807, 2.05) is 13.8 Å². The Kier molecular flexibility index (Phi) is 10.9. The molecule has 0 saturated carbocycles. The second kappa shape index (κ2) is 14.1. The molecular weight excluding hydrogens is 492 g/mol. The molecule has 0 spiro atoms. The number of amides is 4. The van der Waals surface area contributed by atoms with Crippen LogP contribution in [-0.4, -0.2) is 36.8 Å². The molecule has 3 aromatic rings. The van der Waals surface area contributed by atoms with Gasteiger partial charge in [0.25, 0.3) is 0 Å². The number of amidine groups is 2. The van der Waals surface area contributed by atoms with E-state index >= 15 is 0 Å². The van der Waals surface area contributed by atoms with E-state index in [0.717, 1.165) is 11.1 Å². The highest BCUT2D eigenvalue weighted by atomic mass is 35.5. The fourth-order valence-electron chi connectivity index (χ4n) is 3.20. The number of benzene rings is 3. The van der Waals surface area contributed by atoms with Crippen molar-refractivity contribution in [1.29, 1.82) is 0 Å². The number of hydrogen-bond acceptors (Lipinski definition) is 4. The molecule has 3 rings (SSSR count). The summed E-state index contributed by atoms with van der Waals surface area (Å²) in [6, 6.07) is 20.1. The standard InChI is InChI=1S/C26H30N8O2.ClH/c1-3-29-23(27)17-5-9-19(10-6-17)31-25(35)33-21-13-15-22(16-14-21)34-26(36)32-20-11-7-18(8-12-20)24(28)30-4-2;/h5-16H,3-4H2,1-2H3,(H2,27,29)(H2,28,30)(H2,31,33,35)(H2,32,34,36);1H. The van der Waals surface area contributed by atoms with Gasteiger partial charge < -0.3 is 32.7 Å². The summed E-state index contributed by atoms with van der Waals surface area (Å²) in [6.45, 7) is 5.02. The molecule has 0 bridgehead atoms. The van der Waals surface area contributed by atoms with E-state index in [1.165, 1.54) is 0 Å². The third kappa shape index (κ3) is 8.86. The van der Waals surface area contributed by atoms with Crippen LogP contribution in [0.2, 0.25) is 0 Å². The highest BCUT2D eigenvalue weighted by Crippen LogP contribution is 2.16. The van der Waals surface area contributed by atoms with Crippen molar-refractivity contribution in [2.24, 2.45) is 21.5 Å². The van der Waals surface area contributed by atoms with Crippen LogP contribution in [0.3, 0.4) is 0 Å². The van der Waals surface area contributed by atoms with Crippen LogP contribution in [0.5, 0.6) is 0 Å². The molecule has 0 aromatic heterocycles. The number of rotatable bonds is 8. The first-order valence-electron chi connectivity index (χ1n) is 11.4. The second-order valence-electron chi connectivity index (χ2n) is 7.61. The molecule has 0 radical (unpaired) electrons. The monoisotopic (exact) mass is 522 g/mol. The number of aliphatic imine (C=N–C) groups is 2. The molecule has 0 unspecified atom stereocenters. The lowest BCUT2D eigenvalue weighted by atomic mass is 10.2. The van der Waals surface area contributed by atoms with Crippen molar-refractivity contribution in [2.45, 2.75) is 13.8 Å². The van der Waals surface area contributed by atoms with Crippen molar-refractivity contribution in [3.63, 3.8) is 0 Å². The van der Waals surface area contributed by atoms with E-state index < -0.39 is 12.1 Å². The molecule has 0 saturated heterocycles. The molecule has 0 aliphatic heterocycles. The van der Waals surface area contributed by atoms with Gasteiger partial charge in [0.2, 0.25) is 0 Å². The fourth-order valence-corrected chi connectivity index (χ4v) is 3.20. The summed E-state index contributed by atoms with van der Waals surface area (Å²) in [7, 11) is 0. The summed E-state index contributed by atoms with van der Waals surface area (Å²) in [5.41, 5.74) is 15.7. The molecule has 3 aromatic carbocycles. The van der Waals surface area contributed by atoms with Crippen molar-refractivity contribution >= 4 is 58.9 Å². The van der Waals surface area contributed by atoms with Crippen molar-refractivity contribution < 1.29 is 9.59 Å². The first kappa shape index (κ1) is 28.7. The highest BCUT2D eigenvalue weighted by molar-refractivity contribution is 6.03. The molecule has 4 amide bonds. The molecule has 11 heteroatoms. The zero-order valence-corrected chi connectivity index (χ0v) is 21.4. The minimum atomic E-state index is -0.399. The lowest BCUT2D eigenvalue weighted by Crippen LogP contribution is -2.20. The Morgan fingerprint density at radius 3 is 1.05 bits per heavy atom. The lowest BCUT2D eigenvalue weighted by molar-refractivity contribution is 0.261. The van der Waals surface area contributed by atoms with Crippen molar-refractivity contribution in [3.05, 3.63) is 83.9 Å². The Morgan fingerprint density at radius 2 is 0.811 bits per heavy atom. The van der Waals surface area contributed by atoms with Gasteiger partial charge in [-0.05, 0) is 86.6 Å². The van der Waals surface area contributed by atoms with Gasteiger partial charge in [-0.3, -0.25) is 9.98 Å². The van der Waals surface area contributed by atoms with Crippen LogP contribution in [0.1, 0.15) is 25.0 Å². The number of halogens is 1. The number of hydrogen-bond donors (Lipinski definition) is 6. The van der Waals surface area contributed by atoms with Gasteiger partial charge in [0.15, 0.2) is 0 Å². The average Bonchev–Trinajstić information content (AvgIpc) is 2.86. The van der Waals surface area contributed by atoms with Gasteiger partial charge in [-0.1, -0.05) is 0 Å². The van der Waals surface area contributed by atoms with Crippen LogP contribution in [0.15, 0.2) is 82.8 Å². The van der Waals surface area contributed by atoms with Crippen LogP contribution in [0.4, 0.5) is 32.3 Å². The molecule has 10 nitrogen and oxygen atoms in total. The summed E-state index contributed by atoms with van der Waals surface area (Å²) in [6.07, 6.45) is 0. The number of nitrogens with two attached hydrogens (primary N) is 2. The second-order valence-corrected chi connectivity index (χ2v) is 7.61. The first-order chi connectivity index (χ1) is 17.4. The van der Waals surface area contributed by atoms with Crippen LogP contribution < -0.4 is 32.7 Å². The number of carbonyl (C=O) groups is 2. The lowest BCUT2D eigenvalue weighted by Gasteiger charge is -2.11. The quantitative estimate of drug-likeness (QED) is 0.184. The first-order valence-corrected chi connectivity index (χ1v) is 11.4. The van der Waals surface area contributed by atoms with Crippen molar-refractivity contribution in [1.82, 2.24) is 0 Å². The minimum Gasteiger partial charge on any atom is -0.384 e. The Bertz CT molecular complexity index is 1140. The Hall–Kier alpha value is -4.57. The molecule has 194 valence electrons. The van der Waals surface area contributed by atoms with Crippen LogP contribution in [0.25, 0.3) is 0 Å². The zero-order chi connectivity index (χ0) is 25.9. The molecule has 0 heterocycles. The highest BCUT2D eigenvalue weighted by Gasteiger charge is 2.07. The molecule has 0 fully saturated rings. The number of carbonyl (C=O) groups excluding carboxylic acids is 2. The number of anilines is 4. The molecular formula is C26H31ClN8O2. The Labute approximate surface area is 222 Å². The summed E-state index contributed by atoms with van der Waals surface area (Å²) < 4.78 is 0. The van der Waals surface area contributed by atoms with E-state index in [-0.39, 0.29) is 12.4 Å². The van der Waals surface area contributed by atoms with E-state index in [1.54, 1.807) is 72.8 Å². The van der Waals surface area contributed by atoms with Crippen molar-refractivity contribution in [3.8, 4) is 0 Å². The summed E-state index contributed by atoms with van der Waals surface area (Å²) >= 11 is 0. The fraction of sp³-hybridized carbons (Fsp3) is 0.154.